The number of nitrogens with one attached hydrogen (secondary N) is 2. The average Bonchev–Trinajstić information content (AvgIpc) is 2.46. The van der Waals surface area contributed by atoms with Crippen molar-refractivity contribution >= 4 is 5.96 Å². The van der Waals surface area contributed by atoms with Gasteiger partial charge in [-0.3, -0.25) is 4.99 Å². The van der Waals surface area contributed by atoms with Crippen LogP contribution in [0.15, 0.2) is 29.3 Å². The van der Waals surface area contributed by atoms with Crippen LogP contribution in [0.25, 0.3) is 0 Å². The molecule has 0 spiro atoms. The van der Waals surface area contributed by atoms with Crippen molar-refractivity contribution in [3.63, 3.8) is 0 Å². The number of hydrogen-bond acceptors (Lipinski definition) is 2. The summed E-state index contributed by atoms with van der Waals surface area (Å²) in [6.07, 6.45) is 0.787. The van der Waals surface area contributed by atoms with Gasteiger partial charge in [-0.05, 0) is 17.7 Å². The molecule has 0 radical (unpaired) electrons. The van der Waals surface area contributed by atoms with E-state index in [2.05, 4.69) is 26.3 Å². The number of ether oxygens (including phenoxy) is 1. The summed E-state index contributed by atoms with van der Waals surface area (Å²) in [5.74, 6) is 3.14. The highest BCUT2D eigenvalue weighted by Crippen LogP contribution is 2.18. The van der Waals surface area contributed by atoms with Gasteiger partial charge in [0.25, 0.3) is 0 Å². The maximum atomic E-state index is 12.0. The van der Waals surface area contributed by atoms with E-state index in [-0.39, 0.29) is 5.75 Å². The minimum Gasteiger partial charge on any atom is -0.484 e. The monoisotopic (exact) mass is 299 g/mol. The van der Waals surface area contributed by atoms with Crippen molar-refractivity contribution in [1.82, 2.24) is 10.6 Å². The van der Waals surface area contributed by atoms with Crippen LogP contribution in [0.5, 0.6) is 5.75 Å². The van der Waals surface area contributed by atoms with E-state index in [1.807, 2.05) is 0 Å². The van der Waals surface area contributed by atoms with E-state index < -0.39 is 12.8 Å². The maximum absolute atomic E-state index is 12.0. The highest BCUT2D eigenvalue weighted by atomic mass is 19.4. The van der Waals surface area contributed by atoms with E-state index in [0.29, 0.717) is 19.0 Å². The second-order valence-corrected chi connectivity index (χ2v) is 4.03. The van der Waals surface area contributed by atoms with Crippen LogP contribution in [-0.4, -0.2) is 32.3 Å². The van der Waals surface area contributed by atoms with Gasteiger partial charge in [0, 0.05) is 13.6 Å². The van der Waals surface area contributed by atoms with Gasteiger partial charge in [0.2, 0.25) is 0 Å². The molecule has 4 nitrogen and oxygen atoms in total. The molecule has 0 saturated carbocycles. The van der Waals surface area contributed by atoms with Crippen LogP contribution in [0.4, 0.5) is 13.2 Å². The molecule has 0 unspecified atom stereocenters. The van der Waals surface area contributed by atoms with E-state index in [0.717, 1.165) is 5.56 Å². The summed E-state index contributed by atoms with van der Waals surface area (Å²) < 4.78 is 40.6. The molecule has 0 amide bonds. The molecule has 7 heteroatoms. The van der Waals surface area contributed by atoms with Crippen LogP contribution in [-0.2, 0) is 6.54 Å². The topological polar surface area (TPSA) is 45.7 Å². The van der Waals surface area contributed by atoms with E-state index in [1.54, 1.807) is 19.2 Å². The Morgan fingerprint density at radius 3 is 2.48 bits per heavy atom. The molecule has 0 aromatic heterocycles. The fourth-order valence-electron chi connectivity index (χ4n) is 1.41. The fraction of sp³-hybridized carbons (Fsp3) is 0.357. The number of aliphatic imine (C=N–C) groups is 1. The average molecular weight is 299 g/mol. The van der Waals surface area contributed by atoms with Crippen molar-refractivity contribution in [3.05, 3.63) is 29.8 Å². The number of rotatable bonds is 5. The maximum Gasteiger partial charge on any atom is 0.422 e. The Morgan fingerprint density at radius 2 is 1.95 bits per heavy atom. The molecule has 0 fully saturated rings. The predicted octanol–water partition coefficient (Wildman–Crippen LogP) is 1.93. The third kappa shape index (κ3) is 7.11. The Morgan fingerprint density at radius 1 is 1.29 bits per heavy atom. The molecule has 2 N–H and O–H groups in total. The van der Waals surface area contributed by atoms with Gasteiger partial charge in [-0.15, -0.1) is 6.42 Å². The molecule has 0 heterocycles. The minimum absolute atomic E-state index is 0.172. The largest absolute Gasteiger partial charge is 0.484 e. The lowest BCUT2D eigenvalue weighted by Gasteiger charge is -2.11. The summed E-state index contributed by atoms with van der Waals surface area (Å²) in [5.41, 5.74) is 0.873. The Bertz CT molecular complexity index is 504. The molecular weight excluding hydrogens is 283 g/mol. The molecule has 0 aliphatic heterocycles. The molecule has 1 aromatic carbocycles. The third-order valence-electron chi connectivity index (χ3n) is 2.37. The van der Waals surface area contributed by atoms with Gasteiger partial charge in [-0.1, -0.05) is 18.1 Å². The van der Waals surface area contributed by atoms with Crippen molar-refractivity contribution in [3.8, 4) is 18.1 Å². The van der Waals surface area contributed by atoms with Crippen LogP contribution in [0, 0.1) is 12.3 Å². The van der Waals surface area contributed by atoms with Crippen LogP contribution in [0.2, 0.25) is 0 Å². The summed E-state index contributed by atoms with van der Waals surface area (Å²) in [4.78, 5) is 3.96. The number of nitrogens with zero attached hydrogens (tertiary/aromatic N) is 1. The van der Waals surface area contributed by atoms with Gasteiger partial charge in [0.05, 0.1) is 6.54 Å². The van der Waals surface area contributed by atoms with Gasteiger partial charge < -0.3 is 15.4 Å². The second-order valence-electron chi connectivity index (χ2n) is 4.03. The number of terminal acetylenes is 1. The van der Waals surface area contributed by atoms with Crippen molar-refractivity contribution in [2.75, 3.05) is 20.2 Å². The van der Waals surface area contributed by atoms with Crippen LogP contribution in [0.3, 0.4) is 0 Å². The summed E-state index contributed by atoms with van der Waals surface area (Å²) in [6, 6.07) is 6.32. The highest BCUT2D eigenvalue weighted by molar-refractivity contribution is 5.79. The lowest BCUT2D eigenvalue weighted by atomic mass is 10.2. The van der Waals surface area contributed by atoms with Gasteiger partial charge in [-0.25, -0.2) is 0 Å². The Balaban J connectivity index is 2.46. The molecule has 0 saturated heterocycles. The minimum atomic E-state index is -4.34. The van der Waals surface area contributed by atoms with E-state index in [4.69, 9.17) is 6.42 Å². The second kappa shape index (κ2) is 8.04. The zero-order chi connectivity index (χ0) is 15.7. The lowest BCUT2D eigenvalue weighted by molar-refractivity contribution is -0.153. The smallest absolute Gasteiger partial charge is 0.422 e. The number of hydrogen-bond donors (Lipinski definition) is 2. The van der Waals surface area contributed by atoms with Gasteiger partial charge >= 0.3 is 6.18 Å². The molecule has 0 bridgehead atoms. The molecule has 1 rings (SSSR count). The number of benzene rings is 1. The first-order chi connectivity index (χ1) is 9.94. The van der Waals surface area contributed by atoms with Gasteiger partial charge in [-0.2, -0.15) is 13.2 Å². The molecule has 1 aromatic rings. The first-order valence-corrected chi connectivity index (χ1v) is 6.11. The predicted molar refractivity (Wildman–Crippen MR) is 75.0 cm³/mol. The Kier molecular flexibility index (Phi) is 6.40. The zero-order valence-electron chi connectivity index (χ0n) is 11.5. The summed E-state index contributed by atoms with van der Waals surface area (Å²) in [5, 5.41) is 5.91. The van der Waals surface area contributed by atoms with Crippen molar-refractivity contribution in [2.45, 2.75) is 12.7 Å². The first-order valence-electron chi connectivity index (χ1n) is 6.11. The zero-order valence-corrected chi connectivity index (χ0v) is 11.5. The highest BCUT2D eigenvalue weighted by Gasteiger charge is 2.28. The molecule has 21 heavy (non-hydrogen) atoms. The van der Waals surface area contributed by atoms with Crippen LogP contribution >= 0.6 is 0 Å². The quantitative estimate of drug-likeness (QED) is 0.496. The third-order valence-corrected chi connectivity index (χ3v) is 2.37. The molecule has 0 atom stereocenters. The van der Waals surface area contributed by atoms with E-state index in [1.165, 1.54) is 12.1 Å². The first kappa shape index (κ1) is 16.7. The van der Waals surface area contributed by atoms with Gasteiger partial charge in [0.15, 0.2) is 12.6 Å². The summed E-state index contributed by atoms with van der Waals surface area (Å²) in [7, 11) is 1.61. The number of halogens is 3. The molecule has 0 aliphatic carbocycles. The number of alkyl halides is 3. The van der Waals surface area contributed by atoms with Crippen molar-refractivity contribution in [2.24, 2.45) is 4.99 Å². The molecular formula is C14H16F3N3O. The SMILES string of the molecule is C#CCNC(=NC)NCc1ccc(OCC(F)(F)F)cc1. The summed E-state index contributed by atoms with van der Waals surface area (Å²) in [6.45, 7) is -0.485. The normalized spacial score (nSPS) is 11.7. The summed E-state index contributed by atoms with van der Waals surface area (Å²) >= 11 is 0. The van der Waals surface area contributed by atoms with Crippen molar-refractivity contribution in [1.29, 1.82) is 0 Å². The lowest BCUT2D eigenvalue weighted by Crippen LogP contribution is -2.36. The number of guanidine groups is 1. The molecule has 114 valence electrons. The van der Waals surface area contributed by atoms with E-state index >= 15 is 0 Å². The standard InChI is InChI=1S/C14H16F3N3O/c1-3-8-19-13(18-2)20-9-11-4-6-12(7-5-11)21-10-14(15,16)17/h1,4-7H,8-10H2,2H3,(H2,18,19,20). The van der Waals surface area contributed by atoms with E-state index in [9.17, 15) is 13.2 Å². The Labute approximate surface area is 121 Å². The molecule has 0 aliphatic rings. The van der Waals surface area contributed by atoms with Crippen LogP contribution in [0.1, 0.15) is 5.56 Å². The fourth-order valence-corrected chi connectivity index (χ4v) is 1.41. The van der Waals surface area contributed by atoms with Crippen molar-refractivity contribution < 1.29 is 17.9 Å². The van der Waals surface area contributed by atoms with Crippen LogP contribution < -0.4 is 15.4 Å². The Hall–Kier alpha value is -2.36. The van der Waals surface area contributed by atoms with Gasteiger partial charge in [0.1, 0.15) is 5.75 Å².